The first-order valence-corrected chi connectivity index (χ1v) is 18.1. The van der Waals surface area contributed by atoms with Crippen molar-refractivity contribution < 1.29 is 33.8 Å². The molecule has 3 atom stereocenters. The highest BCUT2D eigenvalue weighted by Gasteiger charge is 2.30. The number of benzene rings is 2. The number of aromatic hydroxyl groups is 1. The number of rotatable bonds is 22. The molecular weight excluding hydrogens is 646 g/mol. The molecule has 4 amide bonds. The van der Waals surface area contributed by atoms with Gasteiger partial charge in [0, 0.05) is 19.4 Å². The fourth-order valence-corrected chi connectivity index (χ4v) is 6.09. The third-order valence-electron chi connectivity index (χ3n) is 8.40. The number of carbonyl (C=O) groups is 5. The number of phenolic OH excluding ortho intramolecular Hbond substituents is 1. The molecule has 0 unspecified atom stereocenters. The van der Waals surface area contributed by atoms with Crippen LogP contribution in [0.1, 0.15) is 67.2 Å². The zero-order valence-electron chi connectivity index (χ0n) is 29.2. The first-order chi connectivity index (χ1) is 23.4. The van der Waals surface area contributed by atoms with Crippen molar-refractivity contribution in [3.05, 3.63) is 64.7 Å². The van der Waals surface area contributed by atoms with Crippen molar-refractivity contribution >= 4 is 41.4 Å². The van der Waals surface area contributed by atoms with E-state index in [0.717, 1.165) is 41.5 Å². The van der Waals surface area contributed by atoms with Crippen LogP contribution in [0.3, 0.4) is 0 Å². The Bertz CT molecular complexity index is 1370. The summed E-state index contributed by atoms with van der Waals surface area (Å²) in [4.78, 5) is 65.6. The predicted molar refractivity (Wildman–Crippen MR) is 192 cm³/mol. The number of carbonyl (C=O) groups excluding carboxylic acids is 5. The number of esters is 1. The molecule has 0 radical (unpaired) electrons. The van der Waals surface area contributed by atoms with Gasteiger partial charge in [-0.25, -0.2) is 0 Å². The number of amides is 4. The van der Waals surface area contributed by atoms with Crippen molar-refractivity contribution in [2.45, 2.75) is 89.8 Å². The lowest BCUT2D eigenvalue weighted by atomic mass is 9.96. The van der Waals surface area contributed by atoms with Crippen LogP contribution in [-0.4, -0.2) is 89.9 Å². The van der Waals surface area contributed by atoms with Gasteiger partial charge < -0.3 is 36.8 Å². The minimum Gasteiger partial charge on any atom is -0.508 e. The number of phenols is 1. The molecule has 0 spiro atoms. The van der Waals surface area contributed by atoms with Crippen molar-refractivity contribution in [1.29, 1.82) is 0 Å². The summed E-state index contributed by atoms with van der Waals surface area (Å²) in [5, 5.41) is 15.3. The molecule has 12 nitrogen and oxygen atoms in total. The minimum atomic E-state index is -0.946. The molecule has 270 valence electrons. The first-order valence-electron chi connectivity index (χ1n) is 16.7. The van der Waals surface area contributed by atoms with Gasteiger partial charge in [-0.3, -0.25) is 24.0 Å². The topological polar surface area (TPSA) is 194 Å². The van der Waals surface area contributed by atoms with Crippen molar-refractivity contribution in [2.24, 2.45) is 11.5 Å². The summed E-state index contributed by atoms with van der Waals surface area (Å²) in [6.07, 6.45) is 6.71. The molecule has 0 aliphatic rings. The van der Waals surface area contributed by atoms with E-state index in [1.54, 1.807) is 12.1 Å². The molecule has 2 aromatic rings. The lowest BCUT2D eigenvalue weighted by Crippen LogP contribution is -2.55. The van der Waals surface area contributed by atoms with Gasteiger partial charge in [0.15, 0.2) is 0 Å². The Morgan fingerprint density at radius 2 is 1.57 bits per heavy atom. The number of ether oxygens (including phenoxy) is 1. The standard InChI is InChI=1S/C36H53N5O7S/c1-24-19-27(42)20-25(2)28(24)22-29(37)35(46)40-30(16-18-49-4)36(47)39-23-32(43)41(17-12-7-5-6-11-15-33(44)48-3)31(34(38)45)21-26-13-9-8-10-14-26/h8-10,13-14,19-20,29-31,42H,5-7,11-12,15-18,21-23,37H2,1-4H3,(H2,38,45)(H,39,47)(H,40,46)/t29-,30-,31+/m1/s1. The van der Waals surface area contributed by atoms with Gasteiger partial charge in [0.05, 0.1) is 19.7 Å². The number of nitrogens with two attached hydrogens (primary N) is 2. The van der Waals surface area contributed by atoms with Gasteiger partial charge in [0.25, 0.3) is 0 Å². The zero-order valence-corrected chi connectivity index (χ0v) is 30.0. The summed E-state index contributed by atoms with van der Waals surface area (Å²) in [7, 11) is 1.36. The summed E-state index contributed by atoms with van der Waals surface area (Å²) in [6.45, 7) is 3.53. The number of aryl methyl sites for hydroxylation is 2. The van der Waals surface area contributed by atoms with E-state index in [-0.39, 0.29) is 37.6 Å². The molecule has 0 saturated carbocycles. The molecule has 49 heavy (non-hydrogen) atoms. The normalized spacial score (nSPS) is 12.8. The molecule has 0 aliphatic carbocycles. The van der Waals surface area contributed by atoms with E-state index in [0.29, 0.717) is 31.4 Å². The molecule has 0 heterocycles. The van der Waals surface area contributed by atoms with Crippen molar-refractivity contribution in [2.75, 3.05) is 32.2 Å². The van der Waals surface area contributed by atoms with Gasteiger partial charge in [0.2, 0.25) is 23.6 Å². The number of unbranched alkanes of at least 4 members (excludes halogenated alkanes) is 4. The third kappa shape index (κ3) is 14.5. The Morgan fingerprint density at radius 3 is 2.18 bits per heavy atom. The summed E-state index contributed by atoms with van der Waals surface area (Å²) in [5.41, 5.74) is 15.4. The lowest BCUT2D eigenvalue weighted by Gasteiger charge is -2.30. The zero-order chi connectivity index (χ0) is 36.3. The van der Waals surface area contributed by atoms with Crippen molar-refractivity contribution in [3.8, 4) is 5.75 Å². The second kappa shape index (κ2) is 21.8. The Balaban J connectivity index is 2.10. The van der Waals surface area contributed by atoms with Crippen LogP contribution >= 0.6 is 11.8 Å². The first kappa shape index (κ1) is 41.1. The van der Waals surface area contributed by atoms with E-state index in [2.05, 4.69) is 15.4 Å². The van der Waals surface area contributed by atoms with E-state index < -0.39 is 41.8 Å². The SMILES string of the molecule is COC(=O)CCCCCCCN(C(=O)CNC(=O)[C@@H](CCSC)NC(=O)[C@H](N)Cc1c(C)cc(O)cc1C)[C@@H](Cc1ccccc1)C(N)=O. The Kier molecular flexibility index (Phi) is 18.3. The molecule has 7 N–H and O–H groups in total. The molecule has 0 fully saturated rings. The Labute approximate surface area is 294 Å². The number of primary amides is 1. The molecule has 2 aromatic carbocycles. The summed E-state index contributed by atoms with van der Waals surface area (Å²) in [5.74, 6) is -1.71. The highest BCUT2D eigenvalue weighted by Crippen LogP contribution is 2.22. The quantitative estimate of drug-likeness (QED) is 0.0908. The van der Waals surface area contributed by atoms with Crippen LogP contribution in [0, 0.1) is 13.8 Å². The van der Waals surface area contributed by atoms with Crippen LogP contribution < -0.4 is 22.1 Å². The maximum absolute atomic E-state index is 13.6. The van der Waals surface area contributed by atoms with Gasteiger partial charge in [0.1, 0.15) is 17.8 Å². The third-order valence-corrected chi connectivity index (χ3v) is 9.05. The average Bonchev–Trinajstić information content (AvgIpc) is 3.07. The summed E-state index contributed by atoms with van der Waals surface area (Å²) >= 11 is 1.51. The van der Waals surface area contributed by atoms with E-state index >= 15 is 0 Å². The lowest BCUT2D eigenvalue weighted by molar-refractivity contribution is -0.140. The molecule has 0 aliphatic heterocycles. The van der Waals surface area contributed by atoms with Gasteiger partial charge in [-0.2, -0.15) is 11.8 Å². The van der Waals surface area contributed by atoms with Crippen LogP contribution in [0.15, 0.2) is 42.5 Å². The summed E-state index contributed by atoms with van der Waals surface area (Å²) < 4.78 is 4.68. The fraction of sp³-hybridized carbons (Fsp3) is 0.528. The molecular formula is C36H53N5O7S. The van der Waals surface area contributed by atoms with E-state index in [1.165, 1.54) is 23.8 Å². The molecule has 2 rings (SSSR count). The molecule has 0 saturated heterocycles. The van der Waals surface area contributed by atoms with Gasteiger partial charge >= 0.3 is 5.97 Å². The highest BCUT2D eigenvalue weighted by molar-refractivity contribution is 7.98. The maximum Gasteiger partial charge on any atom is 0.305 e. The van der Waals surface area contributed by atoms with E-state index in [4.69, 9.17) is 11.5 Å². The molecule has 0 bridgehead atoms. The second-order valence-electron chi connectivity index (χ2n) is 12.2. The van der Waals surface area contributed by atoms with Crippen LogP contribution in [0.25, 0.3) is 0 Å². The van der Waals surface area contributed by atoms with Crippen LogP contribution in [0.4, 0.5) is 0 Å². The van der Waals surface area contributed by atoms with Gasteiger partial charge in [-0.05, 0) is 85.9 Å². The number of nitrogens with one attached hydrogen (secondary N) is 2. The number of hydrogen-bond acceptors (Lipinski definition) is 9. The van der Waals surface area contributed by atoms with Gasteiger partial charge in [-0.15, -0.1) is 0 Å². The molecule has 0 aromatic heterocycles. The monoisotopic (exact) mass is 699 g/mol. The maximum atomic E-state index is 13.6. The molecule has 13 heteroatoms. The second-order valence-corrected chi connectivity index (χ2v) is 13.2. The average molecular weight is 700 g/mol. The fourth-order valence-electron chi connectivity index (χ4n) is 5.62. The van der Waals surface area contributed by atoms with E-state index in [1.807, 2.05) is 50.4 Å². The van der Waals surface area contributed by atoms with Crippen molar-refractivity contribution in [3.63, 3.8) is 0 Å². The number of hydrogen-bond donors (Lipinski definition) is 5. The van der Waals surface area contributed by atoms with Crippen LogP contribution in [0.2, 0.25) is 0 Å². The number of thioether (sulfide) groups is 1. The van der Waals surface area contributed by atoms with Crippen LogP contribution in [0.5, 0.6) is 5.75 Å². The largest absolute Gasteiger partial charge is 0.508 e. The van der Waals surface area contributed by atoms with Gasteiger partial charge in [-0.1, -0.05) is 49.6 Å². The Morgan fingerprint density at radius 1 is 0.939 bits per heavy atom. The Hall–Kier alpha value is -4.10. The minimum absolute atomic E-state index is 0.133. The number of methoxy groups -OCH3 is 1. The van der Waals surface area contributed by atoms with Crippen molar-refractivity contribution in [1.82, 2.24) is 15.5 Å². The summed E-state index contributed by atoms with van der Waals surface area (Å²) in [6, 6.07) is 9.67. The van der Waals surface area contributed by atoms with E-state index in [9.17, 15) is 29.1 Å². The smallest absolute Gasteiger partial charge is 0.305 e. The predicted octanol–water partition coefficient (Wildman–Crippen LogP) is 2.67. The highest BCUT2D eigenvalue weighted by atomic mass is 32.2. The number of nitrogens with zero attached hydrogens (tertiary/aromatic N) is 1. The van der Waals surface area contributed by atoms with Crippen LogP contribution in [-0.2, 0) is 41.6 Å².